The lowest BCUT2D eigenvalue weighted by Gasteiger charge is -2.17. The fraction of sp³-hybridized carbons (Fsp3) is 0.647. The maximum Gasteiger partial charge on any atom is 0.0291 e. The van der Waals surface area contributed by atoms with Crippen LogP contribution in [0.2, 0.25) is 0 Å². The molecule has 1 unspecified atom stereocenters. The maximum atomic E-state index is 3.63. The minimum absolute atomic E-state index is 0.462. The molecule has 106 valence electrons. The minimum atomic E-state index is 0.462. The van der Waals surface area contributed by atoms with Crippen molar-refractivity contribution < 1.29 is 0 Å². The van der Waals surface area contributed by atoms with E-state index in [0.29, 0.717) is 6.04 Å². The van der Waals surface area contributed by atoms with Gasteiger partial charge in [0.25, 0.3) is 0 Å². The topological polar surface area (TPSA) is 15.3 Å². The number of rotatable bonds is 7. The van der Waals surface area contributed by atoms with E-state index in [9.17, 15) is 0 Å². The van der Waals surface area contributed by atoms with Crippen molar-refractivity contribution in [1.82, 2.24) is 10.2 Å². The highest BCUT2D eigenvalue weighted by atomic mass is 15.1. The van der Waals surface area contributed by atoms with E-state index in [1.54, 1.807) is 0 Å². The van der Waals surface area contributed by atoms with Crippen LogP contribution < -0.4 is 5.32 Å². The molecular weight excluding hydrogens is 232 g/mol. The van der Waals surface area contributed by atoms with Crippen LogP contribution in [0.1, 0.15) is 50.3 Å². The van der Waals surface area contributed by atoms with Gasteiger partial charge in [-0.15, -0.1) is 0 Å². The third kappa shape index (κ3) is 4.63. The average molecular weight is 260 g/mol. The Balaban J connectivity index is 1.66. The number of hydrogen-bond donors (Lipinski definition) is 1. The van der Waals surface area contributed by atoms with Crippen molar-refractivity contribution in [2.24, 2.45) is 0 Å². The highest BCUT2D eigenvalue weighted by Crippen LogP contribution is 2.14. The van der Waals surface area contributed by atoms with Gasteiger partial charge in [0.05, 0.1) is 0 Å². The highest BCUT2D eigenvalue weighted by Gasteiger charge is 2.10. The van der Waals surface area contributed by atoms with Gasteiger partial charge in [-0.2, -0.15) is 0 Å². The van der Waals surface area contributed by atoms with E-state index in [1.165, 1.54) is 50.0 Å². The third-order valence-electron chi connectivity index (χ3n) is 4.19. The molecule has 1 fully saturated rings. The maximum absolute atomic E-state index is 3.63. The molecule has 1 N–H and O–H groups in total. The van der Waals surface area contributed by atoms with Crippen molar-refractivity contribution in [3.63, 3.8) is 0 Å². The monoisotopic (exact) mass is 260 g/mol. The Hall–Kier alpha value is -0.860. The van der Waals surface area contributed by atoms with Crippen molar-refractivity contribution >= 4 is 0 Å². The number of aryl methyl sites for hydroxylation is 1. The molecule has 1 atom stereocenters. The molecule has 1 aromatic rings. The van der Waals surface area contributed by atoms with E-state index in [0.717, 1.165) is 13.0 Å². The lowest BCUT2D eigenvalue weighted by molar-refractivity contribution is 0.328. The first-order chi connectivity index (χ1) is 9.29. The van der Waals surface area contributed by atoms with Gasteiger partial charge >= 0.3 is 0 Å². The second-order valence-corrected chi connectivity index (χ2v) is 5.67. The van der Waals surface area contributed by atoms with Crippen molar-refractivity contribution in [3.8, 4) is 0 Å². The first-order valence-corrected chi connectivity index (χ1v) is 7.84. The first-order valence-electron chi connectivity index (χ1n) is 7.84. The van der Waals surface area contributed by atoms with Crippen LogP contribution >= 0.6 is 0 Å². The molecule has 0 amide bonds. The molecule has 2 heteroatoms. The summed E-state index contributed by atoms with van der Waals surface area (Å²) in [6.45, 7) is 9.47. The van der Waals surface area contributed by atoms with E-state index in [4.69, 9.17) is 0 Å². The fourth-order valence-corrected chi connectivity index (χ4v) is 2.79. The molecule has 0 spiro atoms. The van der Waals surface area contributed by atoms with Gasteiger partial charge in [0.2, 0.25) is 0 Å². The number of hydrogen-bond acceptors (Lipinski definition) is 2. The van der Waals surface area contributed by atoms with E-state index < -0.39 is 0 Å². The lowest BCUT2D eigenvalue weighted by Crippen LogP contribution is -2.26. The highest BCUT2D eigenvalue weighted by molar-refractivity contribution is 5.24. The van der Waals surface area contributed by atoms with Gasteiger partial charge in [-0.05, 0) is 69.9 Å². The van der Waals surface area contributed by atoms with E-state index in [2.05, 4.69) is 48.3 Å². The standard InChI is InChI=1S/C17H28N2/c1-3-16-7-9-17(10-8-16)15(2)18-11-6-14-19-12-4-5-13-19/h7-10,15,18H,3-6,11-14H2,1-2H3. The summed E-state index contributed by atoms with van der Waals surface area (Å²) >= 11 is 0. The molecule has 2 nitrogen and oxygen atoms in total. The largest absolute Gasteiger partial charge is 0.310 e. The molecule has 2 rings (SSSR count). The molecule has 1 saturated heterocycles. The fourth-order valence-electron chi connectivity index (χ4n) is 2.79. The molecule has 1 aliphatic heterocycles. The van der Waals surface area contributed by atoms with E-state index in [-0.39, 0.29) is 0 Å². The van der Waals surface area contributed by atoms with Gasteiger partial charge in [-0.25, -0.2) is 0 Å². The normalized spacial score (nSPS) is 17.8. The molecule has 0 radical (unpaired) electrons. The molecule has 1 heterocycles. The molecule has 19 heavy (non-hydrogen) atoms. The molecule has 0 aliphatic carbocycles. The first kappa shape index (κ1) is 14.5. The zero-order valence-corrected chi connectivity index (χ0v) is 12.5. The number of nitrogens with one attached hydrogen (secondary N) is 1. The predicted octanol–water partition coefficient (Wildman–Crippen LogP) is 3.39. The van der Waals surface area contributed by atoms with Crippen LogP contribution in [-0.4, -0.2) is 31.1 Å². The van der Waals surface area contributed by atoms with Gasteiger partial charge in [-0.3, -0.25) is 0 Å². The molecule has 1 aromatic carbocycles. The smallest absolute Gasteiger partial charge is 0.0291 e. The molecule has 0 saturated carbocycles. The van der Waals surface area contributed by atoms with Gasteiger partial charge in [0.1, 0.15) is 0 Å². The quantitative estimate of drug-likeness (QED) is 0.756. The van der Waals surface area contributed by atoms with Crippen LogP contribution in [-0.2, 0) is 6.42 Å². The van der Waals surface area contributed by atoms with Crippen LogP contribution in [0.5, 0.6) is 0 Å². The van der Waals surface area contributed by atoms with Gasteiger partial charge in [0.15, 0.2) is 0 Å². The van der Waals surface area contributed by atoms with E-state index in [1.807, 2.05) is 0 Å². The van der Waals surface area contributed by atoms with Crippen LogP contribution in [0.25, 0.3) is 0 Å². The molecular formula is C17H28N2. The van der Waals surface area contributed by atoms with Gasteiger partial charge in [-0.1, -0.05) is 31.2 Å². The van der Waals surface area contributed by atoms with Crippen LogP contribution in [0.3, 0.4) is 0 Å². The summed E-state index contributed by atoms with van der Waals surface area (Å²) in [6.07, 6.45) is 5.18. The van der Waals surface area contributed by atoms with Gasteiger partial charge in [0, 0.05) is 6.04 Å². The molecule has 1 aliphatic rings. The molecule has 0 aromatic heterocycles. The number of likely N-dealkylation sites (tertiary alicyclic amines) is 1. The van der Waals surface area contributed by atoms with E-state index >= 15 is 0 Å². The average Bonchev–Trinajstić information content (AvgIpc) is 2.96. The molecule has 0 bridgehead atoms. The van der Waals surface area contributed by atoms with Crippen LogP contribution in [0, 0.1) is 0 Å². The predicted molar refractivity (Wildman–Crippen MR) is 82.5 cm³/mol. The SMILES string of the molecule is CCc1ccc(C(C)NCCCN2CCCC2)cc1. The summed E-state index contributed by atoms with van der Waals surface area (Å²) < 4.78 is 0. The number of benzene rings is 1. The van der Waals surface area contributed by atoms with Gasteiger partial charge < -0.3 is 10.2 Å². The Bertz CT molecular complexity index is 352. The summed E-state index contributed by atoms with van der Waals surface area (Å²) in [7, 11) is 0. The second kappa shape index (κ2) is 7.66. The Morgan fingerprint density at radius 1 is 1.16 bits per heavy atom. The summed E-state index contributed by atoms with van der Waals surface area (Å²) in [5.41, 5.74) is 2.82. The second-order valence-electron chi connectivity index (χ2n) is 5.67. The minimum Gasteiger partial charge on any atom is -0.310 e. The van der Waals surface area contributed by atoms with Crippen molar-refractivity contribution in [1.29, 1.82) is 0 Å². The Kier molecular flexibility index (Phi) is 5.87. The van der Waals surface area contributed by atoms with Crippen molar-refractivity contribution in [3.05, 3.63) is 35.4 Å². The van der Waals surface area contributed by atoms with Crippen molar-refractivity contribution in [2.75, 3.05) is 26.2 Å². The Morgan fingerprint density at radius 2 is 1.84 bits per heavy atom. The summed E-state index contributed by atoms with van der Waals surface area (Å²) in [4.78, 5) is 2.59. The van der Waals surface area contributed by atoms with Crippen LogP contribution in [0.15, 0.2) is 24.3 Å². The van der Waals surface area contributed by atoms with Crippen LogP contribution in [0.4, 0.5) is 0 Å². The zero-order valence-electron chi connectivity index (χ0n) is 12.5. The summed E-state index contributed by atoms with van der Waals surface area (Å²) in [5, 5.41) is 3.63. The zero-order chi connectivity index (χ0) is 13.5. The lowest BCUT2D eigenvalue weighted by atomic mass is 10.0. The Morgan fingerprint density at radius 3 is 2.47 bits per heavy atom. The van der Waals surface area contributed by atoms with Crippen molar-refractivity contribution in [2.45, 2.75) is 45.6 Å². The third-order valence-corrected chi connectivity index (χ3v) is 4.19. The number of nitrogens with zero attached hydrogens (tertiary/aromatic N) is 1. The summed E-state index contributed by atoms with van der Waals surface area (Å²) in [5.74, 6) is 0. The Labute approximate surface area is 118 Å². The summed E-state index contributed by atoms with van der Waals surface area (Å²) in [6, 6.07) is 9.48.